The maximum Gasteiger partial charge on any atom is 0.167 e. The van der Waals surface area contributed by atoms with Gasteiger partial charge in [0.1, 0.15) is 5.76 Å². The standard InChI is InChI=1S/C23H32O3/c1-5-17-12-16(4)13-18(6-2)21(17)22-19(24)14-23(8-10-25-11-9-23)15-20(22)26-7-3/h12-13H,5-11,14-15H2,1-4H3. The average Bonchev–Trinajstić information content (AvgIpc) is 2.62. The van der Waals surface area contributed by atoms with Gasteiger partial charge < -0.3 is 9.47 Å². The lowest BCUT2D eigenvalue weighted by Crippen LogP contribution is -2.36. The summed E-state index contributed by atoms with van der Waals surface area (Å²) < 4.78 is 11.7. The van der Waals surface area contributed by atoms with Crippen LogP contribution in [0.1, 0.15) is 68.7 Å². The fourth-order valence-corrected chi connectivity index (χ4v) is 4.63. The molecule has 0 atom stereocenters. The maximum atomic E-state index is 13.4. The normalized spacial score (nSPS) is 19.9. The van der Waals surface area contributed by atoms with Gasteiger partial charge in [-0.05, 0) is 61.6 Å². The number of allylic oxidation sites excluding steroid dienone is 2. The van der Waals surface area contributed by atoms with E-state index in [1.807, 2.05) is 6.92 Å². The van der Waals surface area contributed by atoms with Gasteiger partial charge in [-0.3, -0.25) is 4.79 Å². The smallest absolute Gasteiger partial charge is 0.167 e. The highest BCUT2D eigenvalue weighted by Crippen LogP contribution is 2.48. The minimum Gasteiger partial charge on any atom is -0.497 e. The lowest BCUT2D eigenvalue weighted by molar-refractivity contribution is -0.119. The lowest BCUT2D eigenvalue weighted by atomic mass is 9.67. The largest absolute Gasteiger partial charge is 0.497 e. The monoisotopic (exact) mass is 356 g/mol. The zero-order chi connectivity index (χ0) is 18.7. The highest BCUT2D eigenvalue weighted by Gasteiger charge is 2.42. The molecular formula is C23H32O3. The van der Waals surface area contributed by atoms with E-state index in [4.69, 9.17) is 9.47 Å². The second-order valence-electron chi connectivity index (χ2n) is 7.79. The van der Waals surface area contributed by atoms with Crippen molar-refractivity contribution in [3.63, 3.8) is 0 Å². The van der Waals surface area contributed by atoms with Crippen LogP contribution < -0.4 is 0 Å². The second kappa shape index (κ2) is 7.96. The Morgan fingerprint density at radius 2 is 1.65 bits per heavy atom. The minimum absolute atomic E-state index is 0.0345. The molecule has 3 heteroatoms. The van der Waals surface area contributed by atoms with Crippen molar-refractivity contribution in [3.8, 4) is 0 Å². The molecular weight excluding hydrogens is 324 g/mol. The molecule has 0 N–H and O–H groups in total. The van der Waals surface area contributed by atoms with E-state index in [9.17, 15) is 4.79 Å². The summed E-state index contributed by atoms with van der Waals surface area (Å²) in [5.41, 5.74) is 5.85. The Morgan fingerprint density at radius 1 is 1.04 bits per heavy atom. The summed E-state index contributed by atoms with van der Waals surface area (Å²) in [7, 11) is 0. The molecule has 142 valence electrons. The number of carbonyl (C=O) groups excluding carboxylic acids is 1. The number of ether oxygens (including phenoxy) is 2. The Morgan fingerprint density at radius 3 is 2.19 bits per heavy atom. The predicted molar refractivity (Wildman–Crippen MR) is 105 cm³/mol. The van der Waals surface area contributed by atoms with E-state index in [2.05, 4.69) is 32.9 Å². The van der Waals surface area contributed by atoms with Crippen molar-refractivity contribution in [3.05, 3.63) is 40.1 Å². The number of rotatable bonds is 5. The third kappa shape index (κ3) is 3.59. The molecule has 3 rings (SSSR count). The van der Waals surface area contributed by atoms with Gasteiger partial charge in [0, 0.05) is 26.1 Å². The Kier molecular flexibility index (Phi) is 5.86. The molecule has 0 radical (unpaired) electrons. The molecule has 1 spiro atoms. The van der Waals surface area contributed by atoms with Crippen molar-refractivity contribution in [2.45, 2.75) is 66.2 Å². The van der Waals surface area contributed by atoms with Crippen LogP contribution in [0.15, 0.2) is 17.9 Å². The zero-order valence-electron chi connectivity index (χ0n) is 16.7. The first kappa shape index (κ1) is 19.2. The van der Waals surface area contributed by atoms with E-state index in [1.165, 1.54) is 16.7 Å². The van der Waals surface area contributed by atoms with Gasteiger partial charge in [-0.25, -0.2) is 0 Å². The van der Waals surface area contributed by atoms with E-state index in [0.29, 0.717) is 13.0 Å². The molecule has 26 heavy (non-hydrogen) atoms. The van der Waals surface area contributed by atoms with Gasteiger partial charge in [0.05, 0.1) is 12.2 Å². The van der Waals surface area contributed by atoms with Crippen LogP contribution in [0.4, 0.5) is 0 Å². The van der Waals surface area contributed by atoms with Gasteiger partial charge in [0.25, 0.3) is 0 Å². The van der Waals surface area contributed by atoms with Gasteiger partial charge in [0.15, 0.2) is 5.78 Å². The molecule has 2 aliphatic rings. The Balaban J connectivity index is 2.15. The van der Waals surface area contributed by atoms with Crippen molar-refractivity contribution >= 4 is 11.4 Å². The van der Waals surface area contributed by atoms with Crippen molar-refractivity contribution in [2.75, 3.05) is 19.8 Å². The van der Waals surface area contributed by atoms with E-state index in [0.717, 1.165) is 62.2 Å². The van der Waals surface area contributed by atoms with E-state index < -0.39 is 0 Å². The number of ketones is 1. The van der Waals surface area contributed by atoms with Crippen LogP contribution in [0.2, 0.25) is 0 Å². The van der Waals surface area contributed by atoms with Gasteiger partial charge >= 0.3 is 0 Å². The molecule has 0 amide bonds. The average molecular weight is 357 g/mol. The molecule has 3 nitrogen and oxygen atoms in total. The summed E-state index contributed by atoms with van der Waals surface area (Å²) >= 11 is 0. The molecule has 1 saturated heterocycles. The highest BCUT2D eigenvalue weighted by molar-refractivity contribution is 6.23. The number of benzene rings is 1. The maximum absolute atomic E-state index is 13.4. The second-order valence-corrected chi connectivity index (χ2v) is 7.79. The van der Waals surface area contributed by atoms with Crippen molar-refractivity contribution < 1.29 is 14.3 Å². The summed E-state index contributed by atoms with van der Waals surface area (Å²) in [6, 6.07) is 4.47. The number of aryl methyl sites for hydroxylation is 3. The van der Waals surface area contributed by atoms with Crippen molar-refractivity contribution in [2.24, 2.45) is 5.41 Å². The van der Waals surface area contributed by atoms with Crippen LogP contribution in [-0.2, 0) is 27.1 Å². The van der Waals surface area contributed by atoms with Crippen molar-refractivity contribution in [1.82, 2.24) is 0 Å². The Labute approximate surface area is 157 Å². The number of carbonyl (C=O) groups is 1. The van der Waals surface area contributed by atoms with Crippen LogP contribution in [0, 0.1) is 12.3 Å². The number of hydrogen-bond acceptors (Lipinski definition) is 3. The van der Waals surface area contributed by atoms with Crippen LogP contribution in [-0.4, -0.2) is 25.6 Å². The predicted octanol–water partition coefficient (Wildman–Crippen LogP) is 5.03. The first-order valence-electron chi connectivity index (χ1n) is 10.1. The molecule has 1 heterocycles. The Bertz CT molecular complexity index is 683. The quantitative estimate of drug-likeness (QED) is 0.742. The lowest BCUT2D eigenvalue weighted by Gasteiger charge is -2.41. The molecule has 1 aromatic carbocycles. The summed E-state index contributed by atoms with van der Waals surface area (Å²) in [4.78, 5) is 13.4. The van der Waals surface area contributed by atoms with E-state index in [1.54, 1.807) is 0 Å². The zero-order valence-corrected chi connectivity index (χ0v) is 16.7. The van der Waals surface area contributed by atoms with E-state index >= 15 is 0 Å². The fourth-order valence-electron chi connectivity index (χ4n) is 4.63. The minimum atomic E-state index is 0.0345. The highest BCUT2D eigenvalue weighted by atomic mass is 16.5. The van der Waals surface area contributed by atoms with Gasteiger partial charge in [-0.15, -0.1) is 0 Å². The van der Waals surface area contributed by atoms with Gasteiger partial charge in [0.2, 0.25) is 0 Å². The summed E-state index contributed by atoms with van der Waals surface area (Å²) in [6.07, 6.45) is 5.27. The molecule has 0 unspecified atom stereocenters. The molecule has 1 fully saturated rings. The fraction of sp³-hybridized carbons (Fsp3) is 0.609. The summed E-state index contributed by atoms with van der Waals surface area (Å²) in [5, 5.41) is 0. The SMILES string of the molecule is CCOC1=C(c2c(CC)cc(C)cc2CC)C(=O)CC2(CCOCC2)C1. The molecule has 0 aromatic heterocycles. The van der Waals surface area contributed by atoms with Gasteiger partial charge in [-0.2, -0.15) is 0 Å². The first-order chi connectivity index (χ1) is 12.5. The third-order valence-electron chi connectivity index (χ3n) is 5.96. The van der Waals surface area contributed by atoms with Crippen molar-refractivity contribution in [1.29, 1.82) is 0 Å². The third-order valence-corrected chi connectivity index (χ3v) is 5.96. The van der Waals surface area contributed by atoms with Crippen LogP contribution in [0.5, 0.6) is 0 Å². The van der Waals surface area contributed by atoms with Crippen LogP contribution >= 0.6 is 0 Å². The number of Topliss-reactive ketones (excluding diaryl/α,β-unsaturated/α-hetero) is 1. The summed E-state index contributed by atoms with van der Waals surface area (Å²) in [6.45, 7) is 10.6. The number of hydrogen-bond donors (Lipinski definition) is 0. The molecule has 1 aromatic rings. The van der Waals surface area contributed by atoms with E-state index in [-0.39, 0.29) is 11.2 Å². The van der Waals surface area contributed by atoms with Crippen LogP contribution in [0.25, 0.3) is 5.57 Å². The summed E-state index contributed by atoms with van der Waals surface area (Å²) in [5.74, 6) is 1.17. The topological polar surface area (TPSA) is 35.5 Å². The first-order valence-corrected chi connectivity index (χ1v) is 10.1. The molecule has 1 aliphatic carbocycles. The van der Waals surface area contributed by atoms with Gasteiger partial charge in [-0.1, -0.05) is 31.5 Å². The van der Waals surface area contributed by atoms with Crippen LogP contribution in [0.3, 0.4) is 0 Å². The Hall–Kier alpha value is -1.61. The molecule has 0 bridgehead atoms. The molecule has 0 saturated carbocycles. The molecule has 1 aliphatic heterocycles.